The van der Waals surface area contributed by atoms with E-state index in [2.05, 4.69) is 11.3 Å². The first-order chi connectivity index (χ1) is 8.77. The highest BCUT2D eigenvalue weighted by Gasteiger charge is 2.26. The quantitative estimate of drug-likeness (QED) is 0.469. The van der Waals surface area contributed by atoms with E-state index >= 15 is 0 Å². The molecule has 0 atom stereocenters. The van der Waals surface area contributed by atoms with Gasteiger partial charge in [-0.3, -0.25) is 9.59 Å². The Balaban J connectivity index is 2.97. The van der Waals surface area contributed by atoms with Crippen LogP contribution in [0.25, 0.3) is 0 Å². The predicted octanol–water partition coefficient (Wildman–Crippen LogP) is 1.62. The number of allylic oxidation sites excluding steroid dienone is 1. The van der Waals surface area contributed by atoms with Gasteiger partial charge in [0.1, 0.15) is 4.91 Å². The van der Waals surface area contributed by atoms with Crippen LogP contribution in [0.15, 0.2) is 35.7 Å². The summed E-state index contributed by atoms with van der Waals surface area (Å²) in [5.41, 5.74) is 0.128. The predicted molar refractivity (Wildman–Crippen MR) is 70.7 cm³/mol. The third-order valence-electron chi connectivity index (χ3n) is 2.27. The van der Waals surface area contributed by atoms with E-state index in [4.69, 9.17) is 11.6 Å². The van der Waals surface area contributed by atoms with Crippen molar-refractivity contribution >= 4 is 33.2 Å². The van der Waals surface area contributed by atoms with Crippen molar-refractivity contribution < 1.29 is 22.7 Å². The molecule has 0 aliphatic carbocycles. The summed E-state index contributed by atoms with van der Waals surface area (Å²) in [7, 11) is -3.02. The van der Waals surface area contributed by atoms with Gasteiger partial charge in [-0.05, 0) is 24.3 Å². The minimum absolute atomic E-state index is 0.128. The highest BCUT2D eigenvalue weighted by atomic mass is 35.5. The number of ketones is 1. The number of Topliss-reactive ketones (excluding diaryl/α,β-unsaturated/α-hetero) is 1. The van der Waals surface area contributed by atoms with Crippen LogP contribution in [-0.4, -0.2) is 33.0 Å². The third-order valence-corrected chi connectivity index (χ3v) is 4.07. The first kappa shape index (κ1) is 15.4. The van der Waals surface area contributed by atoms with Gasteiger partial charge in [0.05, 0.1) is 7.11 Å². The van der Waals surface area contributed by atoms with Crippen LogP contribution in [0.3, 0.4) is 0 Å². The van der Waals surface area contributed by atoms with Crippen molar-refractivity contribution in [2.24, 2.45) is 0 Å². The normalized spacial score (nSPS) is 10.8. The average molecular weight is 303 g/mol. The Morgan fingerprint density at radius 1 is 1.26 bits per heavy atom. The highest BCUT2D eigenvalue weighted by molar-refractivity contribution is 7.96. The van der Waals surface area contributed by atoms with Crippen molar-refractivity contribution in [1.82, 2.24) is 0 Å². The van der Waals surface area contributed by atoms with Crippen LogP contribution in [0.5, 0.6) is 0 Å². The van der Waals surface area contributed by atoms with Gasteiger partial charge in [-0.15, -0.1) is 0 Å². The molecule has 0 unspecified atom stereocenters. The molecule has 1 aromatic rings. The molecule has 0 fully saturated rings. The van der Waals surface area contributed by atoms with Crippen LogP contribution in [0.4, 0.5) is 0 Å². The van der Waals surface area contributed by atoms with Gasteiger partial charge in [-0.2, -0.15) is 0 Å². The number of hydrogen-bond donors (Lipinski definition) is 0. The van der Waals surface area contributed by atoms with Gasteiger partial charge in [0.25, 0.3) is 0 Å². The second-order valence-corrected chi connectivity index (χ2v) is 6.04. The maximum absolute atomic E-state index is 11.9. The van der Waals surface area contributed by atoms with Crippen molar-refractivity contribution in [3.8, 4) is 0 Å². The van der Waals surface area contributed by atoms with E-state index in [0.717, 1.165) is 7.11 Å². The number of carbonyl (C=O) groups is 2. The van der Waals surface area contributed by atoms with Gasteiger partial charge in [0.2, 0.25) is 5.78 Å². The molecule has 1 rings (SSSR count). The van der Waals surface area contributed by atoms with Crippen LogP contribution < -0.4 is 0 Å². The molecule has 5 nitrogen and oxygen atoms in total. The Kier molecular flexibility index (Phi) is 4.85. The molecule has 0 saturated carbocycles. The minimum Gasteiger partial charge on any atom is -0.468 e. The maximum atomic E-state index is 11.9. The molecule has 0 spiro atoms. The Labute approximate surface area is 115 Å². The molecule has 0 amide bonds. The number of halogens is 1. The minimum atomic E-state index is -4.08. The number of sulfone groups is 1. The second kappa shape index (κ2) is 5.99. The number of benzene rings is 1. The van der Waals surface area contributed by atoms with E-state index in [0.29, 0.717) is 5.02 Å². The zero-order chi connectivity index (χ0) is 14.6. The first-order valence-corrected chi connectivity index (χ1v) is 7.09. The van der Waals surface area contributed by atoms with Gasteiger partial charge in [-0.1, -0.05) is 18.2 Å². The average Bonchev–Trinajstić information content (AvgIpc) is 2.37. The van der Waals surface area contributed by atoms with Crippen LogP contribution in [0.1, 0.15) is 10.4 Å². The zero-order valence-electron chi connectivity index (χ0n) is 10.1. The standard InChI is InChI=1S/C12H11ClO5S/c1-8(19(16,17)7-11(14)18-2)12(15)9-3-5-10(13)6-4-9/h3-6H,1,7H2,2H3. The molecule has 1 aromatic carbocycles. The molecule has 7 heteroatoms. The maximum Gasteiger partial charge on any atom is 0.321 e. The second-order valence-electron chi connectivity index (χ2n) is 3.59. The van der Waals surface area contributed by atoms with E-state index in [1.807, 2.05) is 0 Å². The van der Waals surface area contributed by atoms with Crippen LogP contribution >= 0.6 is 11.6 Å². The van der Waals surface area contributed by atoms with Crippen molar-refractivity contribution in [1.29, 1.82) is 0 Å². The summed E-state index contributed by atoms with van der Waals surface area (Å²) in [6, 6.07) is 5.66. The summed E-state index contributed by atoms with van der Waals surface area (Å²) in [5.74, 6) is -2.65. The van der Waals surface area contributed by atoms with Crippen molar-refractivity contribution in [2.45, 2.75) is 0 Å². The number of hydrogen-bond acceptors (Lipinski definition) is 5. The fourth-order valence-electron chi connectivity index (χ4n) is 1.20. The lowest BCUT2D eigenvalue weighted by Crippen LogP contribution is -2.22. The van der Waals surface area contributed by atoms with Gasteiger partial charge in [-0.25, -0.2) is 8.42 Å². The molecular weight excluding hydrogens is 292 g/mol. The van der Waals surface area contributed by atoms with Crippen molar-refractivity contribution in [3.63, 3.8) is 0 Å². The Morgan fingerprint density at radius 3 is 2.26 bits per heavy atom. The molecule has 102 valence electrons. The number of ether oxygens (including phenoxy) is 1. The highest BCUT2D eigenvalue weighted by Crippen LogP contribution is 2.16. The molecule has 0 radical (unpaired) electrons. The molecule has 0 aromatic heterocycles. The number of rotatable bonds is 5. The van der Waals surface area contributed by atoms with E-state index in [1.165, 1.54) is 24.3 Å². The Hall–Kier alpha value is -1.66. The number of esters is 1. The molecule has 0 aliphatic heterocycles. The zero-order valence-corrected chi connectivity index (χ0v) is 11.6. The number of carbonyl (C=O) groups excluding carboxylic acids is 2. The summed E-state index contributed by atoms with van der Waals surface area (Å²) in [6.45, 7) is 3.23. The third kappa shape index (κ3) is 3.90. The van der Waals surface area contributed by atoms with Crippen LogP contribution in [-0.2, 0) is 19.4 Å². The van der Waals surface area contributed by atoms with Gasteiger partial charge in [0, 0.05) is 10.6 Å². The SMILES string of the molecule is C=C(C(=O)c1ccc(Cl)cc1)S(=O)(=O)CC(=O)OC. The van der Waals surface area contributed by atoms with Gasteiger partial charge >= 0.3 is 5.97 Å². The molecule has 0 heterocycles. The fraction of sp³-hybridized carbons (Fsp3) is 0.167. The summed E-state index contributed by atoms with van der Waals surface area (Å²) < 4.78 is 27.7. The Bertz CT molecular complexity index is 616. The van der Waals surface area contributed by atoms with E-state index < -0.39 is 32.2 Å². The lowest BCUT2D eigenvalue weighted by Gasteiger charge is -2.06. The summed E-state index contributed by atoms with van der Waals surface area (Å²) in [5, 5.41) is 0.416. The summed E-state index contributed by atoms with van der Waals surface area (Å²) >= 11 is 5.66. The number of methoxy groups -OCH3 is 1. The first-order valence-electron chi connectivity index (χ1n) is 5.06. The fourth-order valence-corrected chi connectivity index (χ4v) is 2.33. The lowest BCUT2D eigenvalue weighted by atomic mass is 10.1. The van der Waals surface area contributed by atoms with Crippen LogP contribution in [0.2, 0.25) is 5.02 Å². The Morgan fingerprint density at radius 2 is 1.79 bits per heavy atom. The molecular formula is C12H11ClO5S. The molecule has 0 N–H and O–H groups in total. The largest absolute Gasteiger partial charge is 0.468 e. The van der Waals surface area contributed by atoms with Crippen LogP contribution in [0, 0.1) is 0 Å². The molecule has 0 bridgehead atoms. The topological polar surface area (TPSA) is 77.5 Å². The van der Waals surface area contributed by atoms with Crippen molar-refractivity contribution in [2.75, 3.05) is 12.9 Å². The smallest absolute Gasteiger partial charge is 0.321 e. The summed E-state index contributed by atoms with van der Waals surface area (Å²) in [4.78, 5) is 22.2. The van der Waals surface area contributed by atoms with E-state index in [-0.39, 0.29) is 5.56 Å². The molecule has 0 aliphatic rings. The monoisotopic (exact) mass is 302 g/mol. The lowest BCUT2D eigenvalue weighted by molar-refractivity contribution is -0.137. The van der Waals surface area contributed by atoms with E-state index in [9.17, 15) is 18.0 Å². The van der Waals surface area contributed by atoms with E-state index in [1.54, 1.807) is 0 Å². The summed E-state index contributed by atoms with van der Waals surface area (Å²) in [6.07, 6.45) is 0. The molecule has 0 saturated heterocycles. The van der Waals surface area contributed by atoms with Gasteiger partial charge < -0.3 is 4.74 Å². The van der Waals surface area contributed by atoms with Crippen molar-refractivity contribution in [3.05, 3.63) is 46.3 Å². The molecule has 19 heavy (non-hydrogen) atoms. The van der Waals surface area contributed by atoms with Gasteiger partial charge in [0.15, 0.2) is 15.6 Å².